The van der Waals surface area contributed by atoms with Gasteiger partial charge in [0.15, 0.2) is 0 Å². The van der Waals surface area contributed by atoms with Crippen LogP contribution >= 0.6 is 24.8 Å². The van der Waals surface area contributed by atoms with E-state index in [9.17, 15) is 0 Å². The molecule has 0 radical (unpaired) electrons. The largest absolute Gasteiger partial charge is 0.355 e. The molecule has 1 fully saturated rings. The summed E-state index contributed by atoms with van der Waals surface area (Å²) >= 11 is 9.04. The van der Waals surface area contributed by atoms with Crippen molar-refractivity contribution in [3.63, 3.8) is 0 Å². The molecule has 1 saturated heterocycles. The summed E-state index contributed by atoms with van der Waals surface area (Å²) in [6, 6.07) is 0.541. The number of hydrogen-bond acceptors (Lipinski definition) is 2. The van der Waals surface area contributed by atoms with Gasteiger partial charge in [0.25, 0.3) is 0 Å². The third-order valence-electron chi connectivity index (χ3n) is 1.64. The third-order valence-corrected chi connectivity index (χ3v) is 2.18. The number of rotatable bonds is 0. The predicted octanol–water partition coefficient (Wildman–Crippen LogP) is 0.495. The molecule has 1 N–H and O–H groups in total. The minimum atomic E-state index is 0.541. The predicted molar refractivity (Wildman–Crippen MR) is 50.6 cm³/mol. The number of nitrogens with one attached hydrogen (secondary N) is 1. The Balaban J connectivity index is 2.39. The van der Waals surface area contributed by atoms with Crippen molar-refractivity contribution >= 4 is 29.2 Å². The fourth-order valence-corrected chi connectivity index (χ4v) is 1.45. The first-order valence-corrected chi connectivity index (χ1v) is 4.27. The van der Waals surface area contributed by atoms with E-state index in [0.717, 1.165) is 19.6 Å². The summed E-state index contributed by atoms with van der Waals surface area (Å²) < 4.78 is 0.716. The Kier molecular flexibility index (Phi) is 2.95. The maximum atomic E-state index is 4.93. The first-order valence-electron chi connectivity index (χ1n) is 3.41. The number of piperazine rings is 1. The van der Waals surface area contributed by atoms with Gasteiger partial charge in [-0.2, -0.15) is 0 Å². The molecule has 0 aromatic carbocycles. The van der Waals surface area contributed by atoms with Crippen molar-refractivity contribution in [3.05, 3.63) is 0 Å². The van der Waals surface area contributed by atoms with Gasteiger partial charge in [-0.1, -0.05) is 12.2 Å². The summed E-state index contributed by atoms with van der Waals surface area (Å²) in [5.41, 5.74) is 0. The average Bonchev–Trinajstić information content (AvgIpc) is 1.88. The molecule has 10 heavy (non-hydrogen) atoms. The lowest BCUT2D eigenvalue weighted by molar-refractivity contribution is 0.312. The zero-order valence-electron chi connectivity index (χ0n) is 6.00. The minimum Gasteiger partial charge on any atom is -0.355 e. The maximum Gasteiger partial charge on any atom is 0.133 e. The highest BCUT2D eigenvalue weighted by Gasteiger charge is 2.15. The molecule has 1 heterocycles. The van der Waals surface area contributed by atoms with E-state index in [1.165, 1.54) is 0 Å². The van der Waals surface area contributed by atoms with Crippen LogP contribution in [0, 0.1) is 0 Å². The molecule has 0 bridgehead atoms. The summed E-state index contributed by atoms with van der Waals surface area (Å²) in [7, 11) is 0. The van der Waals surface area contributed by atoms with Crippen LogP contribution in [0.25, 0.3) is 0 Å². The van der Waals surface area contributed by atoms with Gasteiger partial charge in [0.05, 0.1) is 0 Å². The van der Waals surface area contributed by atoms with Gasteiger partial charge < -0.3 is 10.2 Å². The Morgan fingerprint density at radius 2 is 2.50 bits per heavy atom. The lowest BCUT2D eigenvalue weighted by atomic mass is 10.2. The van der Waals surface area contributed by atoms with Gasteiger partial charge >= 0.3 is 0 Å². The molecule has 0 aromatic rings. The highest BCUT2D eigenvalue weighted by molar-refractivity contribution is 8.10. The van der Waals surface area contributed by atoms with Crippen molar-refractivity contribution in [2.24, 2.45) is 0 Å². The van der Waals surface area contributed by atoms with Crippen molar-refractivity contribution in [3.8, 4) is 0 Å². The SMILES string of the molecule is CC1CN(C(=S)S)CCN1. The lowest BCUT2D eigenvalue weighted by Gasteiger charge is -2.32. The molecule has 1 aliphatic heterocycles. The lowest BCUT2D eigenvalue weighted by Crippen LogP contribution is -2.49. The highest BCUT2D eigenvalue weighted by Crippen LogP contribution is 2.01. The van der Waals surface area contributed by atoms with Crippen molar-refractivity contribution in [2.45, 2.75) is 13.0 Å². The van der Waals surface area contributed by atoms with E-state index in [2.05, 4.69) is 29.8 Å². The summed E-state index contributed by atoms with van der Waals surface area (Å²) in [5.74, 6) is 0. The number of nitrogens with zero attached hydrogens (tertiary/aromatic N) is 1. The maximum absolute atomic E-state index is 4.93. The first kappa shape index (κ1) is 8.30. The van der Waals surface area contributed by atoms with Crippen LogP contribution in [0.2, 0.25) is 0 Å². The van der Waals surface area contributed by atoms with E-state index in [4.69, 9.17) is 12.2 Å². The van der Waals surface area contributed by atoms with Crippen LogP contribution in [0.5, 0.6) is 0 Å². The van der Waals surface area contributed by atoms with E-state index in [1.807, 2.05) is 0 Å². The molecule has 58 valence electrons. The molecule has 4 heteroatoms. The number of hydrogen-bond donors (Lipinski definition) is 2. The van der Waals surface area contributed by atoms with Crippen LogP contribution in [0.1, 0.15) is 6.92 Å². The molecule has 0 aliphatic carbocycles. The molecular weight excluding hydrogens is 164 g/mol. The molecule has 1 atom stereocenters. The minimum absolute atomic E-state index is 0.541. The van der Waals surface area contributed by atoms with Crippen molar-refractivity contribution < 1.29 is 0 Å². The van der Waals surface area contributed by atoms with Crippen LogP contribution < -0.4 is 5.32 Å². The number of thiocarbonyl (C=S) groups is 1. The van der Waals surface area contributed by atoms with E-state index in [1.54, 1.807) is 0 Å². The van der Waals surface area contributed by atoms with Crippen LogP contribution in [-0.2, 0) is 0 Å². The Labute approximate surface area is 72.4 Å². The van der Waals surface area contributed by atoms with Crippen LogP contribution in [0.4, 0.5) is 0 Å². The van der Waals surface area contributed by atoms with Gasteiger partial charge in [-0.15, -0.1) is 12.6 Å². The Morgan fingerprint density at radius 1 is 1.80 bits per heavy atom. The van der Waals surface area contributed by atoms with Crippen LogP contribution in [0.3, 0.4) is 0 Å². The standard InChI is InChI=1S/C6H12N2S2/c1-5-4-8(6(9)10)3-2-7-5/h5,7H,2-4H2,1H3,(H,9,10). The average molecular weight is 176 g/mol. The molecule has 1 rings (SSSR count). The van der Waals surface area contributed by atoms with E-state index < -0.39 is 0 Å². The molecule has 1 aliphatic rings. The molecule has 0 aromatic heterocycles. The summed E-state index contributed by atoms with van der Waals surface area (Å²) in [6.07, 6.45) is 0. The Hall–Kier alpha value is 0.200. The molecule has 1 unspecified atom stereocenters. The zero-order valence-corrected chi connectivity index (χ0v) is 7.71. The topological polar surface area (TPSA) is 15.3 Å². The van der Waals surface area contributed by atoms with Gasteiger partial charge in [-0.25, -0.2) is 0 Å². The quantitative estimate of drug-likeness (QED) is 0.413. The second kappa shape index (κ2) is 3.55. The molecule has 2 nitrogen and oxygen atoms in total. The zero-order chi connectivity index (χ0) is 7.56. The number of thiol groups is 1. The molecular formula is C6H12N2S2. The molecule has 0 saturated carbocycles. The van der Waals surface area contributed by atoms with Gasteiger partial charge in [-0.3, -0.25) is 0 Å². The Bertz CT molecular complexity index is 138. The third kappa shape index (κ3) is 2.11. The molecule has 0 amide bonds. The van der Waals surface area contributed by atoms with Crippen LogP contribution in [0.15, 0.2) is 0 Å². The summed E-state index contributed by atoms with van der Waals surface area (Å²) in [4.78, 5) is 2.11. The molecule has 0 spiro atoms. The summed E-state index contributed by atoms with van der Waals surface area (Å²) in [6.45, 7) is 5.15. The van der Waals surface area contributed by atoms with Crippen LogP contribution in [-0.4, -0.2) is 34.9 Å². The fourth-order valence-electron chi connectivity index (χ4n) is 1.11. The van der Waals surface area contributed by atoms with E-state index in [0.29, 0.717) is 10.4 Å². The van der Waals surface area contributed by atoms with Gasteiger partial charge in [0, 0.05) is 25.7 Å². The van der Waals surface area contributed by atoms with E-state index >= 15 is 0 Å². The highest BCUT2D eigenvalue weighted by atomic mass is 32.1. The van der Waals surface area contributed by atoms with Crippen molar-refractivity contribution in [2.75, 3.05) is 19.6 Å². The Morgan fingerprint density at radius 3 is 2.90 bits per heavy atom. The summed E-state index contributed by atoms with van der Waals surface area (Å²) in [5, 5.41) is 3.33. The van der Waals surface area contributed by atoms with Gasteiger partial charge in [0.2, 0.25) is 0 Å². The normalized spacial score (nSPS) is 26.6. The fraction of sp³-hybridized carbons (Fsp3) is 0.833. The van der Waals surface area contributed by atoms with Gasteiger partial charge in [-0.05, 0) is 6.92 Å². The van der Waals surface area contributed by atoms with Gasteiger partial charge in [0.1, 0.15) is 4.32 Å². The monoisotopic (exact) mass is 176 g/mol. The second-order valence-electron chi connectivity index (χ2n) is 2.58. The van der Waals surface area contributed by atoms with Crippen molar-refractivity contribution in [1.29, 1.82) is 0 Å². The first-order chi connectivity index (χ1) is 4.70. The second-order valence-corrected chi connectivity index (χ2v) is 3.70. The van der Waals surface area contributed by atoms with E-state index in [-0.39, 0.29) is 0 Å². The smallest absolute Gasteiger partial charge is 0.133 e. The van der Waals surface area contributed by atoms with Crippen molar-refractivity contribution in [1.82, 2.24) is 10.2 Å².